The van der Waals surface area contributed by atoms with Crippen molar-refractivity contribution in [1.82, 2.24) is 9.88 Å². The van der Waals surface area contributed by atoms with Gasteiger partial charge in [0, 0.05) is 31.4 Å². The lowest BCUT2D eigenvalue weighted by atomic mass is 10.00. The van der Waals surface area contributed by atoms with Gasteiger partial charge >= 0.3 is 0 Å². The molecule has 1 fully saturated rings. The van der Waals surface area contributed by atoms with Crippen LogP contribution in [-0.2, 0) is 4.74 Å². The van der Waals surface area contributed by atoms with E-state index in [4.69, 9.17) is 10.00 Å². The molecule has 1 aliphatic heterocycles. The number of morpholine rings is 1. The summed E-state index contributed by atoms with van der Waals surface area (Å²) >= 11 is 0. The zero-order valence-corrected chi connectivity index (χ0v) is 13.3. The van der Waals surface area contributed by atoms with E-state index in [0.29, 0.717) is 11.4 Å². The first kappa shape index (κ1) is 15.7. The number of nitriles is 1. The summed E-state index contributed by atoms with van der Waals surface area (Å²) in [5, 5.41) is 12.4. The standard InChI is InChI=1S/C16H24N4O/c1-12-9-20(10-13(2)21-12)16(3,4)11-19-15-14(8-17)6-5-7-18-15/h5-7,12-13H,9-11H2,1-4H3,(H,18,19). The molecule has 2 unspecified atom stereocenters. The summed E-state index contributed by atoms with van der Waals surface area (Å²) in [7, 11) is 0. The number of nitrogens with zero attached hydrogens (tertiary/aromatic N) is 3. The number of ether oxygens (including phenoxy) is 1. The molecule has 0 amide bonds. The van der Waals surface area contributed by atoms with Crippen LogP contribution in [0.1, 0.15) is 33.3 Å². The summed E-state index contributed by atoms with van der Waals surface area (Å²) in [6, 6.07) is 5.72. The molecule has 0 aliphatic carbocycles. The molecular weight excluding hydrogens is 264 g/mol. The minimum absolute atomic E-state index is 0.0312. The first-order valence-corrected chi connectivity index (χ1v) is 7.42. The Balaban J connectivity index is 2.02. The summed E-state index contributed by atoms with van der Waals surface area (Å²) in [5.74, 6) is 0.655. The fraction of sp³-hybridized carbons (Fsp3) is 0.625. The Kier molecular flexibility index (Phi) is 4.81. The number of anilines is 1. The summed E-state index contributed by atoms with van der Waals surface area (Å²) in [6.45, 7) is 11.2. The molecule has 0 bridgehead atoms. The predicted molar refractivity (Wildman–Crippen MR) is 83.1 cm³/mol. The molecule has 21 heavy (non-hydrogen) atoms. The first-order valence-electron chi connectivity index (χ1n) is 7.42. The third-order valence-electron chi connectivity index (χ3n) is 3.89. The summed E-state index contributed by atoms with van der Waals surface area (Å²) in [6.07, 6.45) is 2.20. The van der Waals surface area contributed by atoms with Crippen molar-refractivity contribution in [2.24, 2.45) is 0 Å². The predicted octanol–water partition coefficient (Wildman–Crippen LogP) is 2.25. The van der Waals surface area contributed by atoms with Gasteiger partial charge in [-0.05, 0) is 39.8 Å². The van der Waals surface area contributed by atoms with E-state index >= 15 is 0 Å². The highest BCUT2D eigenvalue weighted by molar-refractivity contribution is 5.51. The van der Waals surface area contributed by atoms with Crippen molar-refractivity contribution in [3.63, 3.8) is 0 Å². The van der Waals surface area contributed by atoms with Crippen LogP contribution in [0.5, 0.6) is 0 Å². The van der Waals surface area contributed by atoms with Crippen molar-refractivity contribution < 1.29 is 4.74 Å². The fourth-order valence-corrected chi connectivity index (χ4v) is 2.72. The number of aromatic nitrogens is 1. The molecule has 0 aromatic carbocycles. The monoisotopic (exact) mass is 288 g/mol. The van der Waals surface area contributed by atoms with E-state index in [0.717, 1.165) is 19.6 Å². The number of hydrogen-bond acceptors (Lipinski definition) is 5. The molecule has 2 rings (SSSR count). The molecule has 0 radical (unpaired) electrons. The third kappa shape index (κ3) is 3.93. The molecule has 1 aromatic rings. The molecule has 1 aliphatic rings. The van der Waals surface area contributed by atoms with Crippen LogP contribution in [0, 0.1) is 11.3 Å². The third-order valence-corrected chi connectivity index (χ3v) is 3.89. The van der Waals surface area contributed by atoms with E-state index in [1.54, 1.807) is 18.3 Å². The van der Waals surface area contributed by atoms with Crippen LogP contribution in [0.25, 0.3) is 0 Å². The van der Waals surface area contributed by atoms with Crippen LogP contribution in [0.2, 0.25) is 0 Å². The highest BCUT2D eigenvalue weighted by Crippen LogP contribution is 2.22. The van der Waals surface area contributed by atoms with Gasteiger partial charge in [0.1, 0.15) is 11.9 Å². The Labute approximate surface area is 126 Å². The second-order valence-electron chi connectivity index (χ2n) is 6.34. The Morgan fingerprint density at radius 2 is 2.10 bits per heavy atom. The van der Waals surface area contributed by atoms with E-state index in [9.17, 15) is 0 Å². The Bertz CT molecular complexity index is 513. The zero-order chi connectivity index (χ0) is 15.5. The lowest BCUT2D eigenvalue weighted by Crippen LogP contribution is -2.57. The van der Waals surface area contributed by atoms with Crippen molar-refractivity contribution in [3.8, 4) is 6.07 Å². The van der Waals surface area contributed by atoms with Gasteiger partial charge in [-0.25, -0.2) is 4.98 Å². The van der Waals surface area contributed by atoms with Crippen LogP contribution in [0.3, 0.4) is 0 Å². The lowest BCUT2D eigenvalue weighted by molar-refractivity contribution is -0.0933. The molecule has 2 heterocycles. The van der Waals surface area contributed by atoms with Crippen molar-refractivity contribution in [2.75, 3.05) is 25.0 Å². The fourth-order valence-electron chi connectivity index (χ4n) is 2.72. The van der Waals surface area contributed by atoms with E-state index in [2.05, 4.69) is 49.0 Å². The Morgan fingerprint density at radius 3 is 2.71 bits per heavy atom. The lowest BCUT2D eigenvalue weighted by Gasteiger charge is -2.45. The smallest absolute Gasteiger partial charge is 0.143 e. The van der Waals surface area contributed by atoms with Gasteiger partial charge < -0.3 is 10.1 Å². The van der Waals surface area contributed by atoms with Crippen molar-refractivity contribution in [3.05, 3.63) is 23.9 Å². The minimum Gasteiger partial charge on any atom is -0.373 e. The van der Waals surface area contributed by atoms with Gasteiger partial charge in [0.2, 0.25) is 0 Å². The number of nitrogens with one attached hydrogen (secondary N) is 1. The molecule has 114 valence electrons. The molecule has 1 aromatic heterocycles. The molecule has 1 N–H and O–H groups in total. The van der Waals surface area contributed by atoms with Crippen molar-refractivity contribution >= 4 is 5.82 Å². The van der Waals surface area contributed by atoms with Gasteiger partial charge in [-0.3, -0.25) is 4.90 Å². The largest absolute Gasteiger partial charge is 0.373 e. The van der Waals surface area contributed by atoms with Crippen LogP contribution in [0.15, 0.2) is 18.3 Å². The molecule has 0 spiro atoms. The van der Waals surface area contributed by atoms with Gasteiger partial charge in [0.25, 0.3) is 0 Å². The highest BCUT2D eigenvalue weighted by atomic mass is 16.5. The Hall–Kier alpha value is -1.64. The maximum atomic E-state index is 9.11. The van der Waals surface area contributed by atoms with Crippen LogP contribution < -0.4 is 5.32 Å². The average Bonchev–Trinajstić information content (AvgIpc) is 2.44. The van der Waals surface area contributed by atoms with E-state index < -0.39 is 0 Å². The molecular formula is C16H24N4O. The van der Waals surface area contributed by atoms with E-state index in [1.807, 2.05) is 0 Å². The van der Waals surface area contributed by atoms with Gasteiger partial charge in [-0.15, -0.1) is 0 Å². The summed E-state index contributed by atoms with van der Waals surface area (Å²) in [5.41, 5.74) is 0.549. The number of hydrogen-bond donors (Lipinski definition) is 1. The van der Waals surface area contributed by atoms with Crippen LogP contribution in [0.4, 0.5) is 5.82 Å². The van der Waals surface area contributed by atoms with Gasteiger partial charge in [-0.1, -0.05) is 0 Å². The van der Waals surface area contributed by atoms with Gasteiger partial charge in [0.05, 0.1) is 17.8 Å². The molecule has 5 heteroatoms. The van der Waals surface area contributed by atoms with Gasteiger partial charge in [0.15, 0.2) is 0 Å². The quantitative estimate of drug-likeness (QED) is 0.920. The van der Waals surface area contributed by atoms with Crippen molar-refractivity contribution in [2.45, 2.75) is 45.4 Å². The summed E-state index contributed by atoms with van der Waals surface area (Å²) < 4.78 is 5.79. The molecule has 5 nitrogen and oxygen atoms in total. The topological polar surface area (TPSA) is 61.2 Å². The minimum atomic E-state index is -0.0312. The normalized spacial score (nSPS) is 23.6. The van der Waals surface area contributed by atoms with E-state index in [1.165, 1.54) is 0 Å². The zero-order valence-electron chi connectivity index (χ0n) is 13.3. The number of rotatable bonds is 4. The molecule has 1 saturated heterocycles. The Morgan fingerprint density at radius 1 is 1.43 bits per heavy atom. The van der Waals surface area contributed by atoms with Gasteiger partial charge in [-0.2, -0.15) is 5.26 Å². The first-order chi connectivity index (χ1) is 9.92. The second-order valence-corrected chi connectivity index (χ2v) is 6.34. The number of pyridine rings is 1. The average molecular weight is 288 g/mol. The molecule has 0 saturated carbocycles. The summed E-state index contributed by atoms with van der Waals surface area (Å²) in [4.78, 5) is 6.69. The highest BCUT2D eigenvalue weighted by Gasteiger charge is 2.33. The maximum Gasteiger partial charge on any atom is 0.143 e. The van der Waals surface area contributed by atoms with Crippen molar-refractivity contribution in [1.29, 1.82) is 5.26 Å². The molecule has 2 atom stereocenters. The van der Waals surface area contributed by atoms with E-state index in [-0.39, 0.29) is 17.7 Å². The van der Waals surface area contributed by atoms with Crippen LogP contribution >= 0.6 is 0 Å². The SMILES string of the molecule is CC1CN(C(C)(C)CNc2ncccc2C#N)CC(C)O1. The van der Waals surface area contributed by atoms with Crippen LogP contribution in [-0.4, -0.2) is 47.3 Å². The maximum absolute atomic E-state index is 9.11. The second kappa shape index (κ2) is 6.42.